The van der Waals surface area contributed by atoms with Crippen LogP contribution in [0.1, 0.15) is 20.3 Å². The van der Waals surface area contributed by atoms with Gasteiger partial charge in [0.15, 0.2) is 5.78 Å². The monoisotopic (exact) mass is 183 g/mol. The molecule has 0 unspecified atom stereocenters. The minimum absolute atomic E-state index is 0.130. The fourth-order valence-corrected chi connectivity index (χ4v) is 1.26. The van der Waals surface area contributed by atoms with Crippen molar-refractivity contribution in [3.63, 3.8) is 0 Å². The smallest absolute Gasteiger partial charge is 0.343 e. The van der Waals surface area contributed by atoms with Gasteiger partial charge in [-0.1, -0.05) is 0 Å². The van der Waals surface area contributed by atoms with Gasteiger partial charge in [0.2, 0.25) is 0 Å². The highest BCUT2D eigenvalue weighted by molar-refractivity contribution is 6.18. The van der Waals surface area contributed by atoms with Gasteiger partial charge in [-0.2, -0.15) is 0 Å². The molecule has 0 saturated heterocycles. The Morgan fingerprint density at radius 2 is 2.31 bits per heavy atom. The number of nitrogens with one attached hydrogen (secondary N) is 1. The lowest BCUT2D eigenvalue weighted by atomic mass is 10.0. The lowest BCUT2D eigenvalue weighted by molar-refractivity contribution is -0.140. The van der Waals surface area contributed by atoms with Gasteiger partial charge in [-0.05, 0) is 13.8 Å². The zero-order valence-corrected chi connectivity index (χ0v) is 7.85. The van der Waals surface area contributed by atoms with Crippen molar-refractivity contribution in [2.75, 3.05) is 13.2 Å². The number of esters is 1. The molecule has 1 aliphatic rings. The van der Waals surface area contributed by atoms with E-state index in [0.29, 0.717) is 25.3 Å². The molecule has 0 aromatic heterocycles. The Labute approximate surface area is 76.9 Å². The third-order valence-corrected chi connectivity index (χ3v) is 1.88. The zero-order valence-electron chi connectivity index (χ0n) is 7.85. The zero-order chi connectivity index (χ0) is 9.84. The van der Waals surface area contributed by atoms with Crippen LogP contribution in [-0.4, -0.2) is 24.9 Å². The van der Waals surface area contributed by atoms with Crippen LogP contribution in [-0.2, 0) is 14.3 Å². The minimum atomic E-state index is -0.516. The summed E-state index contributed by atoms with van der Waals surface area (Å²) in [5, 5.41) is 2.96. The summed E-state index contributed by atoms with van der Waals surface area (Å²) in [4.78, 5) is 22.6. The number of ketones is 1. The molecule has 0 fully saturated rings. The number of hydrogen-bond donors (Lipinski definition) is 1. The van der Waals surface area contributed by atoms with Gasteiger partial charge >= 0.3 is 5.97 Å². The van der Waals surface area contributed by atoms with Gasteiger partial charge in [0, 0.05) is 18.7 Å². The summed E-state index contributed by atoms with van der Waals surface area (Å²) in [6.07, 6.45) is 0.367. The van der Waals surface area contributed by atoms with Crippen LogP contribution in [0, 0.1) is 0 Å². The van der Waals surface area contributed by atoms with Gasteiger partial charge < -0.3 is 10.1 Å². The van der Waals surface area contributed by atoms with Crippen LogP contribution in [0.4, 0.5) is 0 Å². The largest absolute Gasteiger partial charge is 0.462 e. The molecule has 1 rings (SSSR count). The van der Waals surface area contributed by atoms with Crippen molar-refractivity contribution in [2.45, 2.75) is 20.3 Å². The third-order valence-electron chi connectivity index (χ3n) is 1.88. The summed E-state index contributed by atoms with van der Waals surface area (Å²) in [7, 11) is 0. The molecule has 0 spiro atoms. The molecule has 0 amide bonds. The van der Waals surface area contributed by atoms with E-state index in [1.165, 1.54) is 0 Å². The molecule has 0 bridgehead atoms. The van der Waals surface area contributed by atoms with E-state index in [4.69, 9.17) is 4.74 Å². The molecule has 0 saturated carbocycles. The summed E-state index contributed by atoms with van der Waals surface area (Å²) < 4.78 is 4.76. The van der Waals surface area contributed by atoms with Crippen LogP contribution in [0.3, 0.4) is 0 Å². The van der Waals surface area contributed by atoms with Gasteiger partial charge in [-0.15, -0.1) is 0 Å². The van der Waals surface area contributed by atoms with Crippen molar-refractivity contribution >= 4 is 11.8 Å². The molecule has 13 heavy (non-hydrogen) atoms. The molecule has 0 aromatic carbocycles. The predicted molar refractivity (Wildman–Crippen MR) is 47.0 cm³/mol. The average Bonchev–Trinajstić information content (AvgIpc) is 2.04. The van der Waals surface area contributed by atoms with Crippen LogP contribution >= 0.6 is 0 Å². The maximum Gasteiger partial charge on any atom is 0.343 e. The summed E-state index contributed by atoms with van der Waals surface area (Å²) in [5.41, 5.74) is 0.794. The highest BCUT2D eigenvalue weighted by Gasteiger charge is 2.25. The number of rotatable bonds is 2. The molecule has 72 valence electrons. The van der Waals surface area contributed by atoms with E-state index in [0.717, 1.165) is 0 Å². The van der Waals surface area contributed by atoms with E-state index in [1.54, 1.807) is 13.8 Å². The second-order valence-corrected chi connectivity index (χ2v) is 2.82. The number of hydrogen-bond acceptors (Lipinski definition) is 4. The maximum absolute atomic E-state index is 11.3. The standard InChI is InChI=1S/C9H13NO3/c1-3-13-9(12)8-6(2)10-5-4-7(8)11/h10H,3-5H2,1-2H3. The first kappa shape index (κ1) is 9.77. The Hall–Kier alpha value is -1.32. The summed E-state index contributed by atoms with van der Waals surface area (Å²) in [5.74, 6) is -0.646. The molecular weight excluding hydrogens is 170 g/mol. The van der Waals surface area contributed by atoms with E-state index >= 15 is 0 Å². The molecule has 1 aliphatic heterocycles. The number of allylic oxidation sites excluding steroid dienone is 1. The molecule has 0 aliphatic carbocycles. The maximum atomic E-state index is 11.3. The molecule has 0 aromatic rings. The Kier molecular flexibility index (Phi) is 3.06. The van der Waals surface area contributed by atoms with E-state index in [1.807, 2.05) is 0 Å². The molecule has 4 heteroatoms. The SMILES string of the molecule is CCOC(=O)C1=C(C)NCCC1=O. The van der Waals surface area contributed by atoms with Crippen molar-refractivity contribution in [1.82, 2.24) is 5.32 Å². The Bertz CT molecular complexity index is 268. The topological polar surface area (TPSA) is 55.4 Å². The summed E-state index contributed by atoms with van der Waals surface area (Å²) in [6, 6.07) is 0. The number of carbonyl (C=O) groups excluding carboxylic acids is 2. The van der Waals surface area contributed by atoms with Gasteiger partial charge in [0.25, 0.3) is 0 Å². The van der Waals surface area contributed by atoms with Crippen LogP contribution in [0.25, 0.3) is 0 Å². The Morgan fingerprint density at radius 1 is 1.62 bits per heavy atom. The Balaban J connectivity index is 2.85. The molecule has 4 nitrogen and oxygen atoms in total. The number of carbonyl (C=O) groups is 2. The molecule has 0 atom stereocenters. The molecule has 0 radical (unpaired) electrons. The predicted octanol–water partition coefficient (Wildman–Crippen LogP) is 0.386. The lowest BCUT2D eigenvalue weighted by Crippen LogP contribution is -2.30. The lowest BCUT2D eigenvalue weighted by Gasteiger charge is -2.16. The minimum Gasteiger partial charge on any atom is -0.462 e. The highest BCUT2D eigenvalue weighted by Crippen LogP contribution is 2.12. The number of ether oxygens (including phenoxy) is 1. The van der Waals surface area contributed by atoms with Gasteiger partial charge in [0.05, 0.1) is 6.61 Å². The van der Waals surface area contributed by atoms with Gasteiger partial charge in [-0.3, -0.25) is 4.79 Å². The molecule has 1 N–H and O–H groups in total. The first-order valence-corrected chi connectivity index (χ1v) is 4.32. The average molecular weight is 183 g/mol. The third kappa shape index (κ3) is 2.08. The normalized spacial score (nSPS) is 16.9. The second kappa shape index (κ2) is 4.07. The van der Waals surface area contributed by atoms with Crippen molar-refractivity contribution < 1.29 is 14.3 Å². The first-order chi connectivity index (χ1) is 6.16. The van der Waals surface area contributed by atoms with Crippen molar-refractivity contribution in [3.8, 4) is 0 Å². The van der Waals surface area contributed by atoms with Gasteiger partial charge in [0.1, 0.15) is 5.57 Å². The van der Waals surface area contributed by atoms with Crippen LogP contribution in [0.2, 0.25) is 0 Å². The van der Waals surface area contributed by atoms with Gasteiger partial charge in [-0.25, -0.2) is 4.79 Å². The molecule has 1 heterocycles. The van der Waals surface area contributed by atoms with Crippen LogP contribution < -0.4 is 5.32 Å². The van der Waals surface area contributed by atoms with E-state index in [2.05, 4.69) is 5.32 Å². The highest BCUT2D eigenvalue weighted by atomic mass is 16.5. The van der Waals surface area contributed by atoms with Crippen LogP contribution in [0.5, 0.6) is 0 Å². The van der Waals surface area contributed by atoms with Crippen LogP contribution in [0.15, 0.2) is 11.3 Å². The van der Waals surface area contributed by atoms with Crippen molar-refractivity contribution in [1.29, 1.82) is 0 Å². The quantitative estimate of drug-likeness (QED) is 0.497. The first-order valence-electron chi connectivity index (χ1n) is 4.32. The fourth-order valence-electron chi connectivity index (χ4n) is 1.26. The number of Topliss-reactive ketones (excluding diaryl/α,β-unsaturated/α-hetero) is 1. The second-order valence-electron chi connectivity index (χ2n) is 2.82. The Morgan fingerprint density at radius 3 is 2.85 bits per heavy atom. The van der Waals surface area contributed by atoms with E-state index in [-0.39, 0.29) is 11.4 Å². The summed E-state index contributed by atoms with van der Waals surface area (Å²) >= 11 is 0. The van der Waals surface area contributed by atoms with E-state index in [9.17, 15) is 9.59 Å². The molecular formula is C9H13NO3. The summed E-state index contributed by atoms with van der Waals surface area (Å²) in [6.45, 7) is 4.33. The van der Waals surface area contributed by atoms with Crippen molar-refractivity contribution in [3.05, 3.63) is 11.3 Å². The van der Waals surface area contributed by atoms with E-state index < -0.39 is 5.97 Å². The van der Waals surface area contributed by atoms with Crippen molar-refractivity contribution in [2.24, 2.45) is 0 Å². The fraction of sp³-hybridized carbons (Fsp3) is 0.556.